The maximum absolute atomic E-state index is 5.68. The number of rotatable bonds is 6. The van der Waals surface area contributed by atoms with Crippen LogP contribution in [-0.4, -0.2) is 48.6 Å². The molecule has 3 aromatic rings. The summed E-state index contributed by atoms with van der Waals surface area (Å²) in [4.78, 5) is 5.46. The molecule has 0 aromatic heterocycles. The minimum Gasteiger partial charge on any atom is -0.496 e. The molecule has 2 saturated heterocycles. The molecule has 0 saturated carbocycles. The van der Waals surface area contributed by atoms with Crippen molar-refractivity contribution in [3.63, 3.8) is 0 Å². The number of benzene rings is 3. The molecule has 3 aromatic carbocycles. The second kappa shape index (κ2) is 9.78. The Morgan fingerprint density at radius 1 is 0.938 bits per heavy atom. The quantitative estimate of drug-likeness (QED) is 0.425. The molecule has 166 valence electrons. The SMILES string of the molecule is COc1ccc(Br)cc1CN1C[C@@H]2CCCN2[C@H](C(c2ccccc2)c2ccccc2)C1. The molecular formula is C28H31BrN2O. The van der Waals surface area contributed by atoms with Gasteiger partial charge in [-0.2, -0.15) is 0 Å². The maximum atomic E-state index is 5.68. The Kier molecular flexibility index (Phi) is 6.63. The molecule has 2 atom stereocenters. The van der Waals surface area contributed by atoms with Gasteiger partial charge >= 0.3 is 0 Å². The molecule has 2 aliphatic heterocycles. The first kappa shape index (κ1) is 21.7. The van der Waals surface area contributed by atoms with Gasteiger partial charge in [0.05, 0.1) is 7.11 Å². The summed E-state index contributed by atoms with van der Waals surface area (Å²) in [6.45, 7) is 4.31. The van der Waals surface area contributed by atoms with Crippen LogP contribution in [0.2, 0.25) is 0 Å². The predicted molar refractivity (Wildman–Crippen MR) is 134 cm³/mol. The van der Waals surface area contributed by atoms with Crippen LogP contribution in [0, 0.1) is 0 Å². The Morgan fingerprint density at radius 2 is 1.62 bits per heavy atom. The number of hydrogen-bond acceptors (Lipinski definition) is 3. The third-order valence-corrected chi connectivity index (χ3v) is 7.59. The second-order valence-electron chi connectivity index (χ2n) is 9.05. The van der Waals surface area contributed by atoms with Crippen molar-refractivity contribution < 1.29 is 4.74 Å². The van der Waals surface area contributed by atoms with E-state index in [2.05, 4.69) is 105 Å². The Hall–Kier alpha value is -2.14. The van der Waals surface area contributed by atoms with E-state index in [4.69, 9.17) is 4.74 Å². The molecule has 0 bridgehead atoms. The van der Waals surface area contributed by atoms with Crippen LogP contribution in [0.25, 0.3) is 0 Å². The van der Waals surface area contributed by atoms with Crippen LogP contribution < -0.4 is 4.74 Å². The highest BCUT2D eigenvalue weighted by Gasteiger charge is 2.41. The van der Waals surface area contributed by atoms with Crippen molar-refractivity contribution in [3.8, 4) is 5.75 Å². The van der Waals surface area contributed by atoms with Gasteiger partial charge in [-0.05, 0) is 48.7 Å². The number of halogens is 1. The van der Waals surface area contributed by atoms with Gasteiger partial charge in [0, 0.05) is 47.7 Å². The third-order valence-electron chi connectivity index (χ3n) is 7.10. The summed E-state index contributed by atoms with van der Waals surface area (Å²) in [5.74, 6) is 1.34. The van der Waals surface area contributed by atoms with E-state index >= 15 is 0 Å². The monoisotopic (exact) mass is 490 g/mol. The van der Waals surface area contributed by atoms with Crippen molar-refractivity contribution in [2.24, 2.45) is 0 Å². The van der Waals surface area contributed by atoms with Crippen molar-refractivity contribution in [2.45, 2.75) is 37.4 Å². The fourth-order valence-electron chi connectivity index (χ4n) is 5.73. The van der Waals surface area contributed by atoms with Gasteiger partial charge in [-0.15, -0.1) is 0 Å². The lowest BCUT2D eigenvalue weighted by Crippen LogP contribution is -2.57. The lowest BCUT2D eigenvalue weighted by atomic mass is 9.82. The van der Waals surface area contributed by atoms with Gasteiger partial charge in [0.15, 0.2) is 0 Å². The highest BCUT2D eigenvalue weighted by molar-refractivity contribution is 9.10. The average Bonchev–Trinajstić information content (AvgIpc) is 3.30. The minimum atomic E-state index is 0.366. The number of fused-ring (bicyclic) bond motifs is 1. The summed E-state index contributed by atoms with van der Waals surface area (Å²) in [5.41, 5.74) is 4.08. The predicted octanol–water partition coefficient (Wildman–Crippen LogP) is 5.94. The number of hydrogen-bond donors (Lipinski definition) is 0. The summed E-state index contributed by atoms with van der Waals surface area (Å²) in [5, 5.41) is 0. The van der Waals surface area contributed by atoms with Gasteiger partial charge in [0.25, 0.3) is 0 Å². The standard InChI is InChI=1S/C28H31BrN2O/c1-32-27-15-14-24(29)17-23(27)18-30-19-25-13-8-16-31(25)26(20-30)28(21-9-4-2-5-10-21)22-11-6-3-7-12-22/h2-7,9-12,14-15,17,25-26,28H,8,13,16,18-20H2,1H3/t25-,26-/m0/s1. The van der Waals surface area contributed by atoms with Crippen molar-refractivity contribution in [3.05, 3.63) is 100 Å². The molecule has 4 heteroatoms. The van der Waals surface area contributed by atoms with Crippen LogP contribution in [-0.2, 0) is 6.54 Å². The van der Waals surface area contributed by atoms with Gasteiger partial charge < -0.3 is 4.74 Å². The zero-order valence-electron chi connectivity index (χ0n) is 18.7. The average molecular weight is 491 g/mol. The highest BCUT2D eigenvalue weighted by atomic mass is 79.9. The topological polar surface area (TPSA) is 15.7 Å². The van der Waals surface area contributed by atoms with Crippen molar-refractivity contribution >= 4 is 15.9 Å². The molecule has 0 radical (unpaired) electrons. The van der Waals surface area contributed by atoms with Gasteiger partial charge in [0.2, 0.25) is 0 Å². The van der Waals surface area contributed by atoms with E-state index in [9.17, 15) is 0 Å². The van der Waals surface area contributed by atoms with E-state index in [0.717, 1.165) is 29.9 Å². The lowest BCUT2D eigenvalue weighted by molar-refractivity contribution is 0.0380. The molecule has 2 aliphatic rings. The first-order valence-electron chi connectivity index (χ1n) is 11.6. The molecule has 2 fully saturated rings. The second-order valence-corrected chi connectivity index (χ2v) is 9.97. The highest BCUT2D eigenvalue weighted by Crippen LogP contribution is 2.38. The number of methoxy groups -OCH3 is 1. The fraction of sp³-hybridized carbons (Fsp3) is 0.357. The molecule has 5 rings (SSSR count). The summed E-state index contributed by atoms with van der Waals surface area (Å²) in [6.07, 6.45) is 2.59. The maximum Gasteiger partial charge on any atom is 0.123 e. The van der Waals surface area contributed by atoms with E-state index in [-0.39, 0.29) is 0 Å². The van der Waals surface area contributed by atoms with Crippen LogP contribution in [0.5, 0.6) is 5.75 Å². The molecule has 2 heterocycles. The molecule has 0 spiro atoms. The minimum absolute atomic E-state index is 0.366. The van der Waals surface area contributed by atoms with Crippen molar-refractivity contribution in [2.75, 3.05) is 26.7 Å². The molecule has 0 amide bonds. The first-order valence-corrected chi connectivity index (χ1v) is 12.4. The smallest absolute Gasteiger partial charge is 0.123 e. The van der Waals surface area contributed by atoms with Gasteiger partial charge in [-0.3, -0.25) is 9.80 Å². The van der Waals surface area contributed by atoms with Crippen LogP contribution in [0.3, 0.4) is 0 Å². The Morgan fingerprint density at radius 3 is 2.28 bits per heavy atom. The van der Waals surface area contributed by atoms with Crippen molar-refractivity contribution in [1.29, 1.82) is 0 Å². The lowest BCUT2D eigenvalue weighted by Gasteiger charge is -2.47. The molecular weight excluding hydrogens is 460 g/mol. The normalized spacial score (nSPS) is 21.6. The Bertz CT molecular complexity index is 987. The van der Waals surface area contributed by atoms with E-state index in [0.29, 0.717) is 18.0 Å². The Labute approximate surface area is 200 Å². The molecule has 32 heavy (non-hydrogen) atoms. The molecule has 0 N–H and O–H groups in total. The van der Waals surface area contributed by atoms with Crippen molar-refractivity contribution in [1.82, 2.24) is 9.80 Å². The molecule has 0 aliphatic carbocycles. The van der Waals surface area contributed by atoms with Gasteiger partial charge in [0.1, 0.15) is 5.75 Å². The zero-order valence-corrected chi connectivity index (χ0v) is 20.2. The number of ether oxygens (including phenoxy) is 1. The molecule has 0 unspecified atom stereocenters. The van der Waals surface area contributed by atoms with E-state index < -0.39 is 0 Å². The number of piperazine rings is 1. The van der Waals surface area contributed by atoms with Crippen LogP contribution in [0.15, 0.2) is 83.3 Å². The summed E-state index contributed by atoms with van der Waals surface area (Å²) in [6, 6.07) is 29.6. The Balaban J connectivity index is 1.49. The van der Waals surface area contributed by atoms with E-state index in [1.165, 1.54) is 36.1 Å². The summed E-state index contributed by atoms with van der Waals surface area (Å²) >= 11 is 3.65. The van der Waals surface area contributed by atoms with E-state index in [1.54, 1.807) is 7.11 Å². The first-order chi connectivity index (χ1) is 15.7. The number of nitrogens with zero attached hydrogens (tertiary/aromatic N) is 2. The van der Waals surface area contributed by atoms with Crippen LogP contribution >= 0.6 is 15.9 Å². The largest absolute Gasteiger partial charge is 0.496 e. The van der Waals surface area contributed by atoms with Crippen LogP contribution in [0.4, 0.5) is 0 Å². The van der Waals surface area contributed by atoms with Gasteiger partial charge in [-0.1, -0.05) is 76.6 Å². The van der Waals surface area contributed by atoms with Gasteiger partial charge in [-0.25, -0.2) is 0 Å². The summed E-state index contributed by atoms with van der Waals surface area (Å²) in [7, 11) is 1.77. The fourth-order valence-corrected chi connectivity index (χ4v) is 6.14. The summed E-state index contributed by atoms with van der Waals surface area (Å²) < 4.78 is 6.79. The zero-order chi connectivity index (χ0) is 21.9. The van der Waals surface area contributed by atoms with E-state index in [1.807, 2.05) is 0 Å². The van der Waals surface area contributed by atoms with Crippen LogP contribution in [0.1, 0.15) is 35.4 Å². The molecule has 3 nitrogen and oxygen atoms in total. The third kappa shape index (κ3) is 4.50.